The molecule has 4 rings (SSSR count). The molecule has 3 aromatic rings. The summed E-state index contributed by atoms with van der Waals surface area (Å²) < 4.78 is 45.2. The molecule has 1 aliphatic heterocycles. The molecule has 1 fully saturated rings. The second kappa shape index (κ2) is 10.2. The molecule has 7 nitrogen and oxygen atoms in total. The van der Waals surface area contributed by atoms with Gasteiger partial charge in [0, 0.05) is 36.0 Å². The third-order valence-electron chi connectivity index (χ3n) is 6.02. The van der Waals surface area contributed by atoms with Gasteiger partial charge < -0.3 is 20.3 Å². The number of urea groups is 1. The van der Waals surface area contributed by atoms with Gasteiger partial charge in [0.05, 0.1) is 12.8 Å². The minimum Gasteiger partial charge on any atom is -0.481 e. The number of piperidine rings is 1. The molecule has 1 aliphatic rings. The number of benzene rings is 1. The monoisotopic (exact) mass is 507 g/mol. The van der Waals surface area contributed by atoms with E-state index in [0.717, 1.165) is 18.9 Å². The van der Waals surface area contributed by atoms with Crippen LogP contribution >= 0.6 is 11.6 Å². The molecule has 2 N–H and O–H groups in total. The molecule has 3 heterocycles. The number of ether oxygens (including phenoxy) is 1. The lowest BCUT2D eigenvalue weighted by atomic mass is 9.99. The molecule has 186 valence electrons. The Balaban J connectivity index is 1.53. The summed E-state index contributed by atoms with van der Waals surface area (Å²) in [6, 6.07) is 8.64. The number of amides is 2. The van der Waals surface area contributed by atoms with Crippen LogP contribution in [0.3, 0.4) is 0 Å². The minimum absolute atomic E-state index is 0.00869. The van der Waals surface area contributed by atoms with Gasteiger partial charge in [0.2, 0.25) is 5.88 Å². The topological polar surface area (TPSA) is 79.4 Å². The van der Waals surface area contributed by atoms with Crippen molar-refractivity contribution >= 4 is 39.9 Å². The van der Waals surface area contributed by atoms with Crippen molar-refractivity contribution in [3.8, 4) is 5.88 Å². The lowest BCUT2D eigenvalue weighted by Gasteiger charge is -2.33. The van der Waals surface area contributed by atoms with Crippen LogP contribution in [0.2, 0.25) is 5.15 Å². The van der Waals surface area contributed by atoms with Gasteiger partial charge in [-0.15, -0.1) is 0 Å². The maximum atomic E-state index is 13.3. The SMILES string of the molecule is COc1nc(Cl)cc2c(NC(=O)NCc3ccc(C(F)(F)F)nc3N3CCC(C)CC3)cccc12. The van der Waals surface area contributed by atoms with Crippen LogP contribution in [-0.4, -0.2) is 36.2 Å². The number of anilines is 2. The Labute approximate surface area is 205 Å². The first-order valence-electron chi connectivity index (χ1n) is 11.2. The number of hydrogen-bond donors (Lipinski definition) is 2. The van der Waals surface area contributed by atoms with E-state index in [9.17, 15) is 18.0 Å². The van der Waals surface area contributed by atoms with Crippen molar-refractivity contribution in [1.29, 1.82) is 0 Å². The van der Waals surface area contributed by atoms with E-state index in [2.05, 4.69) is 27.5 Å². The lowest BCUT2D eigenvalue weighted by molar-refractivity contribution is -0.141. The number of nitrogens with zero attached hydrogens (tertiary/aromatic N) is 3. The quantitative estimate of drug-likeness (QED) is 0.422. The fourth-order valence-electron chi connectivity index (χ4n) is 4.09. The molecule has 1 saturated heterocycles. The van der Waals surface area contributed by atoms with Gasteiger partial charge in [-0.05, 0) is 43.0 Å². The van der Waals surface area contributed by atoms with Gasteiger partial charge in [0.25, 0.3) is 0 Å². The molecule has 2 amide bonds. The highest BCUT2D eigenvalue weighted by Gasteiger charge is 2.34. The summed E-state index contributed by atoms with van der Waals surface area (Å²) in [5.41, 5.74) is 0.0439. The summed E-state index contributed by atoms with van der Waals surface area (Å²) in [6.45, 7) is 3.35. The number of methoxy groups -OCH3 is 1. The zero-order valence-electron chi connectivity index (χ0n) is 19.2. The first-order valence-corrected chi connectivity index (χ1v) is 11.5. The highest BCUT2D eigenvalue weighted by molar-refractivity contribution is 6.30. The molecule has 0 aliphatic carbocycles. The molecule has 11 heteroatoms. The summed E-state index contributed by atoms with van der Waals surface area (Å²) in [7, 11) is 1.48. The van der Waals surface area contributed by atoms with Crippen molar-refractivity contribution in [3.63, 3.8) is 0 Å². The molecule has 0 saturated carbocycles. The number of hydrogen-bond acceptors (Lipinski definition) is 5. The van der Waals surface area contributed by atoms with Crippen LogP contribution in [0, 0.1) is 5.92 Å². The second-order valence-corrected chi connectivity index (χ2v) is 8.90. The van der Waals surface area contributed by atoms with Crippen LogP contribution in [0.1, 0.15) is 31.0 Å². The van der Waals surface area contributed by atoms with Crippen molar-refractivity contribution in [2.24, 2.45) is 5.92 Å². The number of nitrogens with one attached hydrogen (secondary N) is 2. The van der Waals surface area contributed by atoms with E-state index in [-0.39, 0.29) is 17.5 Å². The van der Waals surface area contributed by atoms with E-state index in [4.69, 9.17) is 16.3 Å². The highest BCUT2D eigenvalue weighted by Crippen LogP contribution is 2.33. The number of rotatable bonds is 5. The van der Waals surface area contributed by atoms with Crippen molar-refractivity contribution in [1.82, 2.24) is 15.3 Å². The lowest BCUT2D eigenvalue weighted by Crippen LogP contribution is -2.35. The number of pyridine rings is 2. The van der Waals surface area contributed by atoms with Gasteiger partial charge in [0.15, 0.2) is 0 Å². The molecule has 1 aromatic carbocycles. The molecule has 0 spiro atoms. The average molecular weight is 508 g/mol. The predicted molar refractivity (Wildman–Crippen MR) is 129 cm³/mol. The maximum Gasteiger partial charge on any atom is 0.433 e. The largest absolute Gasteiger partial charge is 0.481 e. The predicted octanol–water partition coefficient (Wildman–Crippen LogP) is 5.87. The van der Waals surface area contributed by atoms with E-state index in [1.165, 1.54) is 13.2 Å². The second-order valence-electron chi connectivity index (χ2n) is 8.51. The highest BCUT2D eigenvalue weighted by atomic mass is 35.5. The van der Waals surface area contributed by atoms with E-state index >= 15 is 0 Å². The Hall–Kier alpha value is -3.27. The summed E-state index contributed by atoms with van der Waals surface area (Å²) in [4.78, 5) is 22.6. The molecule has 0 radical (unpaired) electrons. The van der Waals surface area contributed by atoms with Crippen LogP contribution in [0.5, 0.6) is 5.88 Å². The molecular formula is C24H25ClF3N5O2. The Morgan fingerprint density at radius 3 is 2.60 bits per heavy atom. The summed E-state index contributed by atoms with van der Waals surface area (Å²) in [6.07, 6.45) is -2.81. The van der Waals surface area contributed by atoms with Crippen molar-refractivity contribution in [2.75, 3.05) is 30.4 Å². The molecule has 0 unspecified atom stereocenters. The summed E-state index contributed by atoms with van der Waals surface area (Å²) >= 11 is 6.09. The summed E-state index contributed by atoms with van der Waals surface area (Å²) in [5.74, 6) is 1.08. The molecule has 0 atom stereocenters. The van der Waals surface area contributed by atoms with E-state index in [0.29, 0.717) is 46.9 Å². The Bertz CT molecular complexity index is 1230. The first-order chi connectivity index (χ1) is 16.7. The van der Waals surface area contributed by atoms with Gasteiger partial charge >= 0.3 is 12.2 Å². The third-order valence-corrected chi connectivity index (χ3v) is 6.21. The van der Waals surface area contributed by atoms with Crippen LogP contribution in [0.15, 0.2) is 36.4 Å². The van der Waals surface area contributed by atoms with Gasteiger partial charge in [-0.3, -0.25) is 0 Å². The van der Waals surface area contributed by atoms with Crippen molar-refractivity contribution < 1.29 is 22.7 Å². The van der Waals surface area contributed by atoms with Gasteiger partial charge in [-0.2, -0.15) is 13.2 Å². The minimum atomic E-state index is -4.55. The smallest absolute Gasteiger partial charge is 0.433 e. The number of carbonyl (C=O) groups is 1. The molecule has 35 heavy (non-hydrogen) atoms. The Morgan fingerprint density at radius 2 is 1.91 bits per heavy atom. The first kappa shape index (κ1) is 24.8. The normalized spacial score (nSPS) is 14.7. The number of halogens is 4. The number of aromatic nitrogens is 2. The Morgan fingerprint density at radius 1 is 1.17 bits per heavy atom. The standard InChI is InChI=1S/C24H25ClF3N5O2/c1-14-8-10-33(11-9-14)21-15(6-7-19(31-21)24(26,27)28)13-29-23(34)30-18-5-3-4-16-17(18)12-20(25)32-22(16)35-2/h3-7,12,14H,8-11,13H2,1-2H3,(H2,29,30,34). The van der Waals surface area contributed by atoms with E-state index in [1.807, 2.05) is 4.90 Å². The van der Waals surface area contributed by atoms with Gasteiger partial charge in [-0.25, -0.2) is 14.8 Å². The number of alkyl halides is 3. The summed E-state index contributed by atoms with van der Waals surface area (Å²) in [5, 5.41) is 7.01. The third kappa shape index (κ3) is 5.70. The van der Waals surface area contributed by atoms with Crippen LogP contribution in [-0.2, 0) is 12.7 Å². The molecular weight excluding hydrogens is 483 g/mol. The zero-order chi connectivity index (χ0) is 25.2. The number of carbonyl (C=O) groups excluding carboxylic acids is 1. The fourth-order valence-corrected chi connectivity index (χ4v) is 4.28. The van der Waals surface area contributed by atoms with Crippen LogP contribution in [0.25, 0.3) is 10.8 Å². The Kier molecular flexibility index (Phi) is 7.20. The maximum absolute atomic E-state index is 13.3. The van der Waals surface area contributed by atoms with Crippen LogP contribution in [0.4, 0.5) is 29.5 Å². The van der Waals surface area contributed by atoms with Crippen molar-refractivity contribution in [3.05, 3.63) is 52.8 Å². The van der Waals surface area contributed by atoms with Crippen LogP contribution < -0.4 is 20.3 Å². The molecule has 2 aromatic heterocycles. The van der Waals surface area contributed by atoms with E-state index < -0.39 is 17.9 Å². The number of fused-ring (bicyclic) bond motifs is 1. The van der Waals surface area contributed by atoms with E-state index in [1.54, 1.807) is 24.3 Å². The zero-order valence-corrected chi connectivity index (χ0v) is 20.0. The van der Waals surface area contributed by atoms with Gasteiger partial charge in [-0.1, -0.05) is 30.7 Å². The van der Waals surface area contributed by atoms with Crippen molar-refractivity contribution in [2.45, 2.75) is 32.5 Å². The van der Waals surface area contributed by atoms with Gasteiger partial charge in [0.1, 0.15) is 16.7 Å². The fraction of sp³-hybridized carbons (Fsp3) is 0.375. The average Bonchev–Trinajstić information content (AvgIpc) is 2.82. The molecule has 0 bridgehead atoms.